The number of phosphoric acid groups is 2. The fourth-order valence-electron chi connectivity index (χ4n) is 1.40. The molecule has 0 saturated carbocycles. The van der Waals surface area contributed by atoms with Crippen LogP contribution in [-0.4, -0.2) is 55.9 Å². The topological polar surface area (TPSA) is 163 Å². The number of hydrogen-bond acceptors (Lipinski definition) is 7. The molecule has 10 nitrogen and oxygen atoms in total. The number of aliphatic hydroxyl groups is 2. The summed E-state index contributed by atoms with van der Waals surface area (Å²) in [4.78, 5) is 25.6. The Morgan fingerprint density at radius 2 is 1.72 bits per heavy atom. The highest BCUT2D eigenvalue weighted by atomic mass is 31.3. The Morgan fingerprint density at radius 1 is 1.17 bits per heavy atom. The number of aliphatic hydroxyl groups excluding tert-OH is 2. The fourth-order valence-corrected chi connectivity index (χ4v) is 3.00. The molecule has 5 N–H and O–H groups in total. The predicted octanol–water partition coefficient (Wildman–Crippen LogP) is -1.28. The zero-order valence-electron chi connectivity index (χ0n) is 9.19. The minimum absolute atomic E-state index is 0.670. The van der Waals surface area contributed by atoms with Gasteiger partial charge in [-0.15, -0.1) is 0 Å². The first-order chi connectivity index (χ1) is 8.02. The second kappa shape index (κ2) is 5.64. The molecule has 1 rings (SSSR count). The molecule has 1 aliphatic heterocycles. The Labute approximate surface area is 102 Å². The summed E-state index contributed by atoms with van der Waals surface area (Å²) in [6.07, 6.45) is -4.32. The normalized spacial score (nSPS) is 36.6. The lowest BCUT2D eigenvalue weighted by molar-refractivity contribution is -0.0168. The summed E-state index contributed by atoms with van der Waals surface area (Å²) >= 11 is 0. The van der Waals surface area contributed by atoms with Crippen LogP contribution in [0, 0.1) is 0 Å². The Kier molecular flexibility index (Phi) is 5.07. The van der Waals surface area contributed by atoms with Crippen LogP contribution in [0.3, 0.4) is 0 Å². The molecule has 0 aromatic carbocycles. The van der Waals surface area contributed by atoms with Crippen molar-refractivity contribution in [3.63, 3.8) is 0 Å². The van der Waals surface area contributed by atoms with Crippen LogP contribution < -0.4 is 0 Å². The van der Waals surface area contributed by atoms with Crippen LogP contribution in [-0.2, 0) is 22.7 Å². The Bertz CT molecular complexity index is 379. The molecule has 12 heteroatoms. The van der Waals surface area contributed by atoms with E-state index < -0.39 is 46.7 Å². The van der Waals surface area contributed by atoms with Gasteiger partial charge < -0.3 is 29.6 Å². The van der Waals surface area contributed by atoms with Gasteiger partial charge >= 0.3 is 15.6 Å². The van der Waals surface area contributed by atoms with Crippen molar-refractivity contribution >= 4 is 15.6 Å². The lowest BCUT2D eigenvalue weighted by Crippen LogP contribution is -2.33. The van der Waals surface area contributed by atoms with E-state index in [-0.39, 0.29) is 0 Å². The van der Waals surface area contributed by atoms with Crippen LogP contribution in [0.2, 0.25) is 0 Å². The number of rotatable bonds is 5. The van der Waals surface area contributed by atoms with Crippen LogP contribution in [0.15, 0.2) is 0 Å². The van der Waals surface area contributed by atoms with Crippen molar-refractivity contribution in [2.75, 3.05) is 6.61 Å². The van der Waals surface area contributed by atoms with Crippen LogP contribution in [0.1, 0.15) is 6.92 Å². The van der Waals surface area contributed by atoms with Gasteiger partial charge in [0.25, 0.3) is 0 Å². The van der Waals surface area contributed by atoms with Crippen LogP contribution in [0.4, 0.5) is 0 Å². The van der Waals surface area contributed by atoms with E-state index in [1.807, 2.05) is 0 Å². The van der Waals surface area contributed by atoms with Crippen molar-refractivity contribution in [2.24, 2.45) is 0 Å². The maximum atomic E-state index is 11.1. The zero-order chi connectivity index (χ0) is 14.1. The molecule has 0 aliphatic carbocycles. The van der Waals surface area contributed by atoms with Crippen molar-refractivity contribution in [2.45, 2.75) is 31.3 Å². The molecule has 1 unspecified atom stereocenters. The fraction of sp³-hybridized carbons (Fsp3) is 1.00. The summed E-state index contributed by atoms with van der Waals surface area (Å²) in [6, 6.07) is 0. The van der Waals surface area contributed by atoms with Crippen LogP contribution in [0.25, 0.3) is 0 Å². The van der Waals surface area contributed by atoms with Crippen molar-refractivity contribution in [3.8, 4) is 0 Å². The highest BCUT2D eigenvalue weighted by Gasteiger charge is 2.42. The van der Waals surface area contributed by atoms with E-state index in [1.54, 1.807) is 0 Å². The quantitative estimate of drug-likeness (QED) is 0.386. The van der Waals surface area contributed by atoms with Gasteiger partial charge in [-0.2, -0.15) is 4.31 Å². The van der Waals surface area contributed by atoms with Gasteiger partial charge in [0.1, 0.15) is 18.3 Å². The van der Waals surface area contributed by atoms with E-state index in [0.29, 0.717) is 0 Å². The summed E-state index contributed by atoms with van der Waals surface area (Å²) in [7, 11) is -10.1. The summed E-state index contributed by atoms with van der Waals surface area (Å²) in [5, 5.41) is 18.8. The molecular weight excluding hydrogens is 294 g/mol. The first-order valence-electron chi connectivity index (χ1n) is 4.77. The van der Waals surface area contributed by atoms with Gasteiger partial charge in [-0.25, -0.2) is 9.13 Å². The van der Waals surface area contributed by atoms with Crippen LogP contribution in [0.5, 0.6) is 0 Å². The summed E-state index contributed by atoms with van der Waals surface area (Å²) in [5.41, 5.74) is 0. The van der Waals surface area contributed by atoms with Gasteiger partial charge in [0.15, 0.2) is 0 Å². The van der Waals surface area contributed by atoms with Gasteiger partial charge in [-0.05, 0) is 6.92 Å². The predicted molar refractivity (Wildman–Crippen MR) is 55.3 cm³/mol. The highest BCUT2D eigenvalue weighted by Crippen LogP contribution is 2.57. The molecule has 108 valence electrons. The number of hydrogen-bond donors (Lipinski definition) is 5. The van der Waals surface area contributed by atoms with Crippen molar-refractivity contribution in [1.82, 2.24) is 0 Å². The van der Waals surface area contributed by atoms with E-state index >= 15 is 0 Å². The Hall–Kier alpha value is 0.140. The number of phosphoric ester groups is 1. The molecule has 1 fully saturated rings. The van der Waals surface area contributed by atoms with E-state index in [1.165, 1.54) is 6.92 Å². The Morgan fingerprint density at radius 3 is 2.11 bits per heavy atom. The minimum Gasteiger partial charge on any atom is -0.388 e. The maximum absolute atomic E-state index is 11.1. The molecule has 0 aromatic heterocycles. The van der Waals surface area contributed by atoms with Crippen LogP contribution >= 0.6 is 15.6 Å². The lowest BCUT2D eigenvalue weighted by Gasteiger charge is -2.17. The van der Waals surface area contributed by atoms with Gasteiger partial charge in [-0.1, -0.05) is 0 Å². The molecule has 0 radical (unpaired) electrons. The zero-order valence-corrected chi connectivity index (χ0v) is 11.0. The molecule has 1 aliphatic rings. The SMILES string of the molecule is C[C@@H]1O[C@H](COP(=O)(O)OP(=O)(O)O)[C@@H](O)[C@H]1O. The average Bonchev–Trinajstić information content (AvgIpc) is 2.39. The van der Waals surface area contributed by atoms with Crippen molar-refractivity contribution in [1.29, 1.82) is 0 Å². The molecule has 1 saturated heterocycles. The molecule has 0 aromatic rings. The highest BCUT2D eigenvalue weighted by molar-refractivity contribution is 7.60. The lowest BCUT2D eigenvalue weighted by atomic mass is 10.1. The second-order valence-electron chi connectivity index (χ2n) is 3.70. The molecule has 0 spiro atoms. The third kappa shape index (κ3) is 4.67. The smallest absolute Gasteiger partial charge is 0.388 e. The average molecular weight is 308 g/mol. The summed E-state index contributed by atoms with van der Waals surface area (Å²) in [5.74, 6) is 0. The van der Waals surface area contributed by atoms with Gasteiger partial charge in [0.05, 0.1) is 12.7 Å². The molecule has 5 atom stereocenters. The second-order valence-corrected chi connectivity index (χ2v) is 6.53. The van der Waals surface area contributed by atoms with Gasteiger partial charge in [0, 0.05) is 0 Å². The van der Waals surface area contributed by atoms with E-state index in [4.69, 9.17) is 19.4 Å². The maximum Gasteiger partial charge on any atom is 0.481 e. The molecule has 0 amide bonds. The third-order valence-electron chi connectivity index (χ3n) is 2.21. The van der Waals surface area contributed by atoms with Gasteiger partial charge in [-0.3, -0.25) is 4.52 Å². The summed E-state index contributed by atoms with van der Waals surface area (Å²) < 4.78 is 34.2. The standard InChI is InChI=1S/C6H14O10P2/c1-3-5(7)6(8)4(15-3)2-14-18(12,13)16-17(9,10)11/h3-8H,2H2,1H3,(H,12,13)(H2,9,10,11)/t3-,4+,5-,6+/m0/s1. The van der Waals surface area contributed by atoms with Crippen molar-refractivity contribution in [3.05, 3.63) is 0 Å². The van der Waals surface area contributed by atoms with E-state index in [9.17, 15) is 19.3 Å². The summed E-state index contributed by atoms with van der Waals surface area (Å²) in [6.45, 7) is 0.801. The molecular formula is C6H14O10P2. The van der Waals surface area contributed by atoms with Crippen molar-refractivity contribution < 1.29 is 47.6 Å². The first-order valence-corrected chi connectivity index (χ1v) is 7.80. The minimum atomic E-state index is -5.18. The Balaban J connectivity index is 2.51. The third-order valence-corrected chi connectivity index (χ3v) is 4.36. The number of ether oxygens (including phenoxy) is 1. The molecule has 0 bridgehead atoms. The van der Waals surface area contributed by atoms with E-state index in [0.717, 1.165) is 0 Å². The molecule has 1 heterocycles. The van der Waals surface area contributed by atoms with E-state index in [2.05, 4.69) is 8.83 Å². The van der Waals surface area contributed by atoms with Gasteiger partial charge in [0.2, 0.25) is 0 Å². The monoisotopic (exact) mass is 308 g/mol. The largest absolute Gasteiger partial charge is 0.481 e. The first kappa shape index (κ1) is 16.2. The molecule has 18 heavy (non-hydrogen) atoms.